The van der Waals surface area contributed by atoms with E-state index in [1.165, 1.54) is 0 Å². The van der Waals surface area contributed by atoms with Gasteiger partial charge in [0.1, 0.15) is 6.04 Å². The molecule has 0 spiro atoms. The number of carboxylic acid groups (broad SMARTS) is 2. The fraction of sp³-hybridized carbons (Fsp3) is 0.467. The fourth-order valence-corrected chi connectivity index (χ4v) is 3.69. The summed E-state index contributed by atoms with van der Waals surface area (Å²) in [5.74, 6) is -2.08. The number of rotatable bonds is 11. The largest absolute Gasteiger partial charge is 0.481 e. The van der Waals surface area contributed by atoms with Crippen LogP contribution >= 0.6 is 7.52 Å². The van der Waals surface area contributed by atoms with E-state index in [2.05, 4.69) is 5.09 Å². The molecule has 2 unspecified atom stereocenters. The molecule has 0 aliphatic carbocycles. The lowest BCUT2D eigenvalue weighted by atomic mass is 10.1. The zero-order valence-electron chi connectivity index (χ0n) is 12.7. The Morgan fingerprint density at radius 2 is 1.74 bits per heavy atom. The van der Waals surface area contributed by atoms with Crippen molar-refractivity contribution in [3.63, 3.8) is 0 Å². The Morgan fingerprint density at radius 3 is 2.30 bits per heavy atom. The van der Waals surface area contributed by atoms with Gasteiger partial charge in [0, 0.05) is 6.42 Å². The quantitative estimate of drug-likeness (QED) is 0.359. The van der Waals surface area contributed by atoms with Gasteiger partial charge in [0.25, 0.3) is 7.52 Å². The Labute approximate surface area is 134 Å². The maximum atomic E-state index is 12.2. The van der Waals surface area contributed by atoms with Gasteiger partial charge in [-0.3, -0.25) is 14.2 Å². The minimum atomic E-state index is -3.82. The second-order valence-electron chi connectivity index (χ2n) is 5.36. The van der Waals surface area contributed by atoms with Gasteiger partial charge in [-0.2, -0.15) is 0 Å². The number of aliphatic carboxylic acids is 2. The third-order valence-electron chi connectivity index (χ3n) is 3.28. The van der Waals surface area contributed by atoms with E-state index in [1.54, 1.807) is 30.3 Å². The van der Waals surface area contributed by atoms with Crippen LogP contribution in [0.5, 0.6) is 0 Å². The maximum absolute atomic E-state index is 12.2. The van der Waals surface area contributed by atoms with Crippen LogP contribution in [-0.4, -0.2) is 33.1 Å². The highest BCUT2D eigenvalue weighted by Gasteiger charge is 2.27. The average molecular weight is 343 g/mol. The van der Waals surface area contributed by atoms with Gasteiger partial charge in [0.2, 0.25) is 0 Å². The lowest BCUT2D eigenvalue weighted by molar-refractivity contribution is -0.139. The smallest absolute Gasteiger partial charge is 0.321 e. The van der Waals surface area contributed by atoms with Crippen molar-refractivity contribution in [2.75, 3.05) is 0 Å². The third-order valence-corrected chi connectivity index (χ3v) is 4.79. The molecule has 2 atom stereocenters. The molecule has 1 aromatic rings. The van der Waals surface area contributed by atoms with Crippen molar-refractivity contribution in [2.45, 2.75) is 44.3 Å². The van der Waals surface area contributed by atoms with Crippen molar-refractivity contribution in [1.29, 1.82) is 0 Å². The monoisotopic (exact) mass is 343 g/mol. The van der Waals surface area contributed by atoms with E-state index < -0.39 is 25.5 Å². The summed E-state index contributed by atoms with van der Waals surface area (Å²) in [7, 11) is -3.82. The molecular formula is C15H22NO6P. The summed E-state index contributed by atoms with van der Waals surface area (Å²) in [6.07, 6.45) is 1.57. The summed E-state index contributed by atoms with van der Waals surface area (Å²) in [4.78, 5) is 31.6. The van der Waals surface area contributed by atoms with E-state index in [4.69, 9.17) is 10.2 Å². The lowest BCUT2D eigenvalue weighted by Crippen LogP contribution is -2.34. The second-order valence-corrected chi connectivity index (χ2v) is 7.34. The van der Waals surface area contributed by atoms with E-state index in [9.17, 15) is 19.0 Å². The van der Waals surface area contributed by atoms with Gasteiger partial charge < -0.3 is 15.1 Å². The molecule has 0 saturated carbocycles. The molecule has 0 saturated heterocycles. The number of carbonyl (C=O) groups is 2. The number of benzene rings is 1. The Bertz CT molecular complexity index is 562. The summed E-state index contributed by atoms with van der Waals surface area (Å²) < 4.78 is 12.2. The van der Waals surface area contributed by atoms with Crippen LogP contribution in [0.1, 0.15) is 37.7 Å². The Hall–Kier alpha value is -1.69. The summed E-state index contributed by atoms with van der Waals surface area (Å²) in [5.41, 5.74) is 0.649. The molecule has 1 rings (SSSR count). The molecule has 0 bridgehead atoms. The summed E-state index contributed by atoms with van der Waals surface area (Å²) in [5, 5.41) is 20.0. The fourth-order valence-electron chi connectivity index (χ4n) is 2.16. The minimum absolute atomic E-state index is 0.0394. The zero-order valence-corrected chi connectivity index (χ0v) is 13.6. The summed E-state index contributed by atoms with van der Waals surface area (Å²) >= 11 is 0. The zero-order chi connectivity index (χ0) is 17.3. The van der Waals surface area contributed by atoms with Crippen LogP contribution in [0.3, 0.4) is 0 Å². The van der Waals surface area contributed by atoms with Crippen LogP contribution in [0.4, 0.5) is 0 Å². The van der Waals surface area contributed by atoms with Gasteiger partial charge in [-0.25, -0.2) is 5.09 Å². The van der Waals surface area contributed by atoms with E-state index in [1.807, 2.05) is 0 Å². The molecule has 23 heavy (non-hydrogen) atoms. The molecule has 1 aromatic carbocycles. The second kappa shape index (κ2) is 9.45. The molecule has 7 nitrogen and oxygen atoms in total. The van der Waals surface area contributed by atoms with Crippen molar-refractivity contribution in [3.05, 3.63) is 35.9 Å². The number of unbranched alkanes of at least 4 members (excludes halogenated alkanes) is 2. The number of hydrogen-bond acceptors (Lipinski definition) is 3. The Kier molecular flexibility index (Phi) is 7.95. The van der Waals surface area contributed by atoms with Crippen LogP contribution < -0.4 is 5.09 Å². The normalized spacial score (nSPS) is 14.8. The van der Waals surface area contributed by atoms with E-state index in [0.29, 0.717) is 24.8 Å². The van der Waals surface area contributed by atoms with E-state index >= 15 is 0 Å². The predicted octanol–water partition coefficient (Wildman–Crippen LogP) is 2.45. The number of hydrogen-bond donors (Lipinski definition) is 4. The van der Waals surface area contributed by atoms with Crippen LogP contribution in [0, 0.1) is 0 Å². The van der Waals surface area contributed by atoms with Crippen molar-refractivity contribution < 1.29 is 29.3 Å². The van der Waals surface area contributed by atoms with Gasteiger partial charge in [0.15, 0.2) is 0 Å². The van der Waals surface area contributed by atoms with Crippen LogP contribution in [0.15, 0.2) is 30.3 Å². The first-order valence-corrected chi connectivity index (χ1v) is 9.23. The molecule has 128 valence electrons. The molecule has 0 heterocycles. The van der Waals surface area contributed by atoms with Gasteiger partial charge in [-0.05, 0) is 18.4 Å². The molecule has 8 heteroatoms. The van der Waals surface area contributed by atoms with Crippen molar-refractivity contribution in [2.24, 2.45) is 0 Å². The molecule has 4 N–H and O–H groups in total. The first-order valence-electron chi connectivity index (χ1n) is 7.38. The number of carboxylic acids is 2. The van der Waals surface area contributed by atoms with E-state index in [0.717, 1.165) is 0 Å². The van der Waals surface area contributed by atoms with Crippen molar-refractivity contribution in [1.82, 2.24) is 5.09 Å². The lowest BCUT2D eigenvalue weighted by Gasteiger charge is -2.19. The maximum Gasteiger partial charge on any atom is 0.321 e. The molecule has 0 amide bonds. The molecule has 0 aromatic heterocycles. The van der Waals surface area contributed by atoms with Gasteiger partial charge in [-0.15, -0.1) is 0 Å². The highest BCUT2D eigenvalue weighted by Crippen LogP contribution is 2.40. The first kappa shape index (κ1) is 19.4. The van der Waals surface area contributed by atoms with Gasteiger partial charge >= 0.3 is 11.9 Å². The predicted molar refractivity (Wildman–Crippen MR) is 85.3 cm³/mol. The SMILES string of the molecule is O=C(O)CCCCCC(NP(=O)(O)Cc1ccccc1)C(=O)O. The molecule has 0 aliphatic rings. The topological polar surface area (TPSA) is 124 Å². The van der Waals surface area contributed by atoms with Crippen LogP contribution in [0.2, 0.25) is 0 Å². The van der Waals surface area contributed by atoms with Crippen molar-refractivity contribution in [3.8, 4) is 0 Å². The first-order chi connectivity index (χ1) is 10.8. The molecule has 0 aliphatic heterocycles. The minimum Gasteiger partial charge on any atom is -0.481 e. The third kappa shape index (κ3) is 8.50. The summed E-state index contributed by atoms with van der Waals surface area (Å²) in [6, 6.07) is 7.55. The van der Waals surface area contributed by atoms with Gasteiger partial charge in [0.05, 0.1) is 6.16 Å². The van der Waals surface area contributed by atoms with Crippen LogP contribution in [-0.2, 0) is 20.3 Å². The standard InChI is InChI=1S/C15H22NO6P/c17-14(18)10-6-2-5-9-13(15(19)20)16-23(21,22)11-12-7-3-1-4-8-12/h1,3-4,7-8,13H,2,5-6,9-11H2,(H,17,18)(H,19,20)(H2,16,21,22). The average Bonchev–Trinajstić information content (AvgIpc) is 2.45. The highest BCUT2D eigenvalue weighted by atomic mass is 31.2. The molecule has 0 radical (unpaired) electrons. The molecule has 0 fully saturated rings. The number of nitrogens with one attached hydrogen (secondary N) is 1. The summed E-state index contributed by atoms with van der Waals surface area (Å²) in [6.45, 7) is 0. The van der Waals surface area contributed by atoms with Crippen LogP contribution in [0.25, 0.3) is 0 Å². The van der Waals surface area contributed by atoms with E-state index in [-0.39, 0.29) is 19.0 Å². The van der Waals surface area contributed by atoms with Gasteiger partial charge in [-0.1, -0.05) is 43.2 Å². The van der Waals surface area contributed by atoms with Crippen molar-refractivity contribution >= 4 is 19.5 Å². The Balaban J connectivity index is 2.49. The Morgan fingerprint density at radius 1 is 1.09 bits per heavy atom. The highest BCUT2D eigenvalue weighted by molar-refractivity contribution is 7.55. The molecular weight excluding hydrogens is 321 g/mol.